The molecule has 2 amide bonds. The highest BCUT2D eigenvalue weighted by Gasteiger charge is 2.18. The van der Waals surface area contributed by atoms with E-state index in [9.17, 15) is 9.59 Å². The normalized spacial score (nSPS) is 11.9. The minimum absolute atomic E-state index is 0.150. The molecule has 0 unspecified atom stereocenters. The number of amides is 2. The molecule has 6 nitrogen and oxygen atoms in total. The van der Waals surface area contributed by atoms with Crippen molar-refractivity contribution in [3.05, 3.63) is 34.9 Å². The van der Waals surface area contributed by atoms with Gasteiger partial charge >= 0.3 is 0 Å². The Balaban J connectivity index is 2.50. The Morgan fingerprint density at radius 1 is 1.38 bits per heavy atom. The number of methoxy groups -OCH3 is 1. The smallest absolute Gasteiger partial charge is 0.246 e. The molecule has 1 rings (SSSR count). The summed E-state index contributed by atoms with van der Waals surface area (Å²) in [6.07, 6.45) is 0.277. The zero-order valence-electron chi connectivity index (χ0n) is 11.8. The van der Waals surface area contributed by atoms with Crippen molar-refractivity contribution in [3.63, 3.8) is 0 Å². The number of primary amides is 1. The number of rotatable bonds is 9. The summed E-state index contributed by atoms with van der Waals surface area (Å²) in [5.41, 5.74) is 6.11. The SMILES string of the molecule is COCCOCC(=O)N[C@@H](Cc1cccc(Cl)c1)C(N)=O. The van der Waals surface area contributed by atoms with Crippen LogP contribution in [-0.4, -0.2) is 44.8 Å². The molecule has 0 heterocycles. The third kappa shape index (κ3) is 7.08. The van der Waals surface area contributed by atoms with Gasteiger partial charge in [-0.1, -0.05) is 23.7 Å². The molecule has 1 aromatic rings. The van der Waals surface area contributed by atoms with Gasteiger partial charge in [0.05, 0.1) is 13.2 Å². The third-order valence-electron chi connectivity index (χ3n) is 2.67. The molecule has 0 fully saturated rings. The maximum atomic E-state index is 11.7. The van der Waals surface area contributed by atoms with Crippen molar-refractivity contribution in [2.75, 3.05) is 26.9 Å². The Morgan fingerprint density at radius 3 is 2.76 bits per heavy atom. The van der Waals surface area contributed by atoms with Gasteiger partial charge in [-0.3, -0.25) is 9.59 Å². The topological polar surface area (TPSA) is 90.7 Å². The minimum Gasteiger partial charge on any atom is -0.382 e. The van der Waals surface area contributed by atoms with E-state index in [4.69, 9.17) is 26.8 Å². The molecule has 1 atom stereocenters. The van der Waals surface area contributed by atoms with Gasteiger partial charge in [0.15, 0.2) is 0 Å². The first-order valence-corrected chi connectivity index (χ1v) is 6.80. The molecule has 0 spiro atoms. The van der Waals surface area contributed by atoms with Crippen molar-refractivity contribution in [3.8, 4) is 0 Å². The third-order valence-corrected chi connectivity index (χ3v) is 2.91. The molecule has 3 N–H and O–H groups in total. The van der Waals surface area contributed by atoms with Gasteiger partial charge in [-0.2, -0.15) is 0 Å². The van der Waals surface area contributed by atoms with Crippen molar-refractivity contribution >= 4 is 23.4 Å². The lowest BCUT2D eigenvalue weighted by Gasteiger charge is -2.15. The fourth-order valence-corrected chi connectivity index (χ4v) is 1.88. The van der Waals surface area contributed by atoms with Crippen LogP contribution in [-0.2, 0) is 25.5 Å². The second kappa shape index (κ2) is 9.33. The molecule has 7 heteroatoms. The highest BCUT2D eigenvalue weighted by atomic mass is 35.5. The first kappa shape index (κ1) is 17.4. The summed E-state index contributed by atoms with van der Waals surface area (Å²) in [6.45, 7) is 0.553. The molecule has 0 saturated carbocycles. The molecule has 21 heavy (non-hydrogen) atoms. The monoisotopic (exact) mass is 314 g/mol. The number of nitrogens with one attached hydrogen (secondary N) is 1. The average molecular weight is 315 g/mol. The van der Waals surface area contributed by atoms with Crippen LogP contribution in [0, 0.1) is 0 Å². The van der Waals surface area contributed by atoms with Crippen LogP contribution in [0.4, 0.5) is 0 Å². The molecule has 1 aromatic carbocycles. The number of carbonyl (C=O) groups excluding carboxylic acids is 2. The Kier molecular flexibility index (Phi) is 7.74. The Morgan fingerprint density at radius 2 is 2.14 bits per heavy atom. The minimum atomic E-state index is -0.804. The van der Waals surface area contributed by atoms with Gasteiger partial charge in [0.2, 0.25) is 11.8 Å². The zero-order valence-corrected chi connectivity index (χ0v) is 12.6. The molecule has 0 aliphatic rings. The molecule has 0 aliphatic carbocycles. The van der Waals surface area contributed by atoms with Gasteiger partial charge in [0.25, 0.3) is 0 Å². The van der Waals surface area contributed by atoms with Crippen LogP contribution >= 0.6 is 11.6 Å². The van der Waals surface area contributed by atoms with E-state index in [0.29, 0.717) is 18.2 Å². The van der Waals surface area contributed by atoms with Crippen LogP contribution in [0.1, 0.15) is 5.56 Å². The number of ether oxygens (including phenoxy) is 2. The molecule has 0 radical (unpaired) electrons. The van der Waals surface area contributed by atoms with E-state index in [-0.39, 0.29) is 13.0 Å². The zero-order chi connectivity index (χ0) is 15.7. The summed E-state index contributed by atoms with van der Waals surface area (Å²) in [5, 5.41) is 3.10. The van der Waals surface area contributed by atoms with E-state index in [1.165, 1.54) is 7.11 Å². The number of halogens is 1. The molecular weight excluding hydrogens is 296 g/mol. The number of hydrogen-bond donors (Lipinski definition) is 2. The van der Waals surface area contributed by atoms with Gasteiger partial charge in [0, 0.05) is 18.6 Å². The van der Waals surface area contributed by atoms with Gasteiger partial charge < -0.3 is 20.5 Å². The fourth-order valence-electron chi connectivity index (χ4n) is 1.67. The lowest BCUT2D eigenvalue weighted by molar-refractivity contribution is -0.130. The van der Waals surface area contributed by atoms with Crippen LogP contribution in [0.25, 0.3) is 0 Å². The predicted molar refractivity (Wildman–Crippen MR) is 79.0 cm³/mol. The summed E-state index contributed by atoms with van der Waals surface area (Å²) >= 11 is 5.88. The van der Waals surface area contributed by atoms with E-state index in [0.717, 1.165) is 5.56 Å². The maximum absolute atomic E-state index is 11.7. The van der Waals surface area contributed by atoms with Crippen molar-refractivity contribution in [1.82, 2.24) is 5.32 Å². The number of carbonyl (C=O) groups is 2. The number of nitrogens with two attached hydrogens (primary N) is 1. The highest BCUT2D eigenvalue weighted by molar-refractivity contribution is 6.30. The lowest BCUT2D eigenvalue weighted by atomic mass is 10.1. The first-order valence-electron chi connectivity index (χ1n) is 6.42. The lowest BCUT2D eigenvalue weighted by Crippen LogP contribution is -2.47. The summed E-state index contributed by atoms with van der Waals surface area (Å²) in [7, 11) is 1.54. The average Bonchev–Trinajstić information content (AvgIpc) is 2.43. The molecular formula is C14H19ClN2O4. The standard InChI is InChI=1S/C14H19ClN2O4/c1-20-5-6-21-9-13(18)17-12(14(16)19)8-10-3-2-4-11(15)7-10/h2-4,7,12H,5-6,8-9H2,1H3,(H2,16,19)(H,17,18)/t12-/m0/s1. The van der Waals surface area contributed by atoms with Crippen molar-refractivity contribution in [2.24, 2.45) is 5.73 Å². The van der Waals surface area contributed by atoms with E-state index in [1.54, 1.807) is 18.2 Å². The van der Waals surface area contributed by atoms with E-state index in [1.807, 2.05) is 6.07 Å². The summed E-state index contributed by atoms with van der Waals surface area (Å²) in [6, 6.07) is 6.22. The van der Waals surface area contributed by atoms with Gasteiger partial charge in [-0.25, -0.2) is 0 Å². The second-order valence-corrected chi connectivity index (χ2v) is 4.84. The largest absolute Gasteiger partial charge is 0.382 e. The summed E-state index contributed by atoms with van der Waals surface area (Å²) < 4.78 is 9.87. The number of benzene rings is 1. The summed E-state index contributed by atoms with van der Waals surface area (Å²) in [5.74, 6) is -1.02. The van der Waals surface area contributed by atoms with Crippen molar-refractivity contribution in [1.29, 1.82) is 0 Å². The first-order chi connectivity index (χ1) is 10.0. The van der Waals surface area contributed by atoms with E-state index in [2.05, 4.69) is 5.32 Å². The van der Waals surface area contributed by atoms with E-state index >= 15 is 0 Å². The van der Waals surface area contributed by atoms with Crippen LogP contribution in [0.3, 0.4) is 0 Å². The van der Waals surface area contributed by atoms with Crippen LogP contribution in [0.2, 0.25) is 5.02 Å². The van der Waals surface area contributed by atoms with Crippen LogP contribution in [0.5, 0.6) is 0 Å². The highest BCUT2D eigenvalue weighted by Crippen LogP contribution is 2.12. The quantitative estimate of drug-likeness (QED) is 0.650. The molecule has 0 saturated heterocycles. The van der Waals surface area contributed by atoms with Gasteiger partial charge in [-0.15, -0.1) is 0 Å². The van der Waals surface area contributed by atoms with Crippen LogP contribution < -0.4 is 11.1 Å². The van der Waals surface area contributed by atoms with Crippen LogP contribution in [0.15, 0.2) is 24.3 Å². The Hall–Kier alpha value is -1.63. The Labute approximate surface area is 128 Å². The van der Waals surface area contributed by atoms with Crippen molar-refractivity contribution < 1.29 is 19.1 Å². The molecule has 0 aliphatic heterocycles. The van der Waals surface area contributed by atoms with E-state index < -0.39 is 17.9 Å². The molecule has 0 bridgehead atoms. The second-order valence-electron chi connectivity index (χ2n) is 4.40. The van der Waals surface area contributed by atoms with Crippen molar-refractivity contribution in [2.45, 2.75) is 12.5 Å². The molecule has 116 valence electrons. The van der Waals surface area contributed by atoms with Gasteiger partial charge in [0.1, 0.15) is 12.6 Å². The number of hydrogen-bond acceptors (Lipinski definition) is 4. The maximum Gasteiger partial charge on any atom is 0.246 e. The Bertz CT molecular complexity index is 482. The fraction of sp³-hybridized carbons (Fsp3) is 0.429. The van der Waals surface area contributed by atoms with Gasteiger partial charge in [-0.05, 0) is 17.7 Å². The summed E-state index contributed by atoms with van der Waals surface area (Å²) in [4.78, 5) is 23.1. The predicted octanol–water partition coefficient (Wildman–Crippen LogP) is 0.516. The molecule has 0 aromatic heterocycles.